The van der Waals surface area contributed by atoms with E-state index >= 15 is 0 Å². The number of carbonyl (C=O) groups is 2. The Morgan fingerprint density at radius 1 is 1.11 bits per heavy atom. The van der Waals surface area contributed by atoms with E-state index in [4.69, 9.17) is 32.7 Å². The van der Waals surface area contributed by atoms with Crippen molar-refractivity contribution in [1.29, 1.82) is 0 Å². The second-order valence-electron chi connectivity index (χ2n) is 8.38. The first kappa shape index (κ1) is 27.7. The molecule has 1 N–H and O–H groups in total. The summed E-state index contributed by atoms with van der Waals surface area (Å²) in [4.78, 5) is 39.1. The highest BCUT2D eigenvalue weighted by Crippen LogP contribution is 2.32. The van der Waals surface area contributed by atoms with Crippen molar-refractivity contribution < 1.29 is 27.5 Å². The van der Waals surface area contributed by atoms with E-state index in [0.29, 0.717) is 37.7 Å². The summed E-state index contributed by atoms with van der Waals surface area (Å²) in [5.74, 6) is -1.38. The van der Waals surface area contributed by atoms with Crippen molar-refractivity contribution in [2.45, 2.75) is 11.8 Å². The summed E-state index contributed by atoms with van der Waals surface area (Å²) in [6.07, 6.45) is 0. The molecule has 1 aromatic heterocycles. The molecule has 11 nitrogen and oxygen atoms in total. The number of morpholine rings is 1. The van der Waals surface area contributed by atoms with Crippen molar-refractivity contribution in [2.75, 3.05) is 37.6 Å². The summed E-state index contributed by atoms with van der Waals surface area (Å²) in [7, 11) is -2.88. The molecule has 0 unspecified atom stereocenters. The van der Waals surface area contributed by atoms with Gasteiger partial charge in [-0.2, -0.15) is 0 Å². The number of nitrogens with zero attached hydrogens (tertiary/aromatic N) is 3. The Morgan fingerprint density at radius 2 is 1.76 bits per heavy atom. The Bertz CT molecular complexity index is 1550. The van der Waals surface area contributed by atoms with Gasteiger partial charge in [-0.25, -0.2) is 17.9 Å². The van der Waals surface area contributed by atoms with Gasteiger partial charge in [0, 0.05) is 20.1 Å². The van der Waals surface area contributed by atoms with Crippen LogP contribution in [0.4, 0.5) is 5.69 Å². The van der Waals surface area contributed by atoms with Crippen LogP contribution in [0.15, 0.2) is 52.2 Å². The minimum Gasteiger partial charge on any atom is -0.452 e. The highest BCUT2D eigenvalue weighted by Gasteiger charge is 2.27. The number of carbonyl (C=O) groups excluding carboxylic acids is 2. The third-order valence-corrected chi connectivity index (χ3v) is 8.29. The standard InChI is InChI=1S/C24H24Cl2N4O7S/c1-15-22(23(32)30(28(15)2)17-6-4-3-5-7-17)27-38(34,35)19-13-16(12-18(25)21(19)26)24(33)37-14-20(31)29-8-10-36-11-9-29/h3-7,12-13,27H,8-11,14H2,1-2H3. The van der Waals surface area contributed by atoms with Gasteiger partial charge >= 0.3 is 5.97 Å². The van der Waals surface area contributed by atoms with Gasteiger partial charge in [0.15, 0.2) is 6.61 Å². The number of ether oxygens (including phenoxy) is 2. The number of aromatic nitrogens is 2. The average molecular weight is 583 g/mol. The maximum Gasteiger partial charge on any atom is 0.338 e. The molecule has 1 aliphatic rings. The number of anilines is 1. The lowest BCUT2D eigenvalue weighted by Gasteiger charge is -2.26. The van der Waals surface area contributed by atoms with E-state index in [1.807, 2.05) is 0 Å². The van der Waals surface area contributed by atoms with Gasteiger partial charge in [-0.3, -0.25) is 19.0 Å². The van der Waals surface area contributed by atoms with Crippen LogP contribution in [0.3, 0.4) is 0 Å². The zero-order chi connectivity index (χ0) is 27.6. The molecule has 1 aliphatic heterocycles. The van der Waals surface area contributed by atoms with E-state index < -0.39 is 39.0 Å². The first-order valence-electron chi connectivity index (χ1n) is 11.4. The SMILES string of the molecule is Cc1c(NS(=O)(=O)c2cc(C(=O)OCC(=O)N3CCOCC3)cc(Cl)c2Cl)c(=O)n(-c2ccccc2)n1C. The van der Waals surface area contributed by atoms with Gasteiger partial charge in [-0.1, -0.05) is 41.4 Å². The van der Waals surface area contributed by atoms with Crippen LogP contribution in [0.25, 0.3) is 5.69 Å². The van der Waals surface area contributed by atoms with Crippen LogP contribution in [0.5, 0.6) is 0 Å². The molecular weight excluding hydrogens is 559 g/mol. The number of nitrogens with one attached hydrogen (secondary N) is 1. The van der Waals surface area contributed by atoms with E-state index in [1.54, 1.807) is 44.3 Å². The molecular formula is C24H24Cl2N4O7S. The number of hydrogen-bond acceptors (Lipinski definition) is 7. The molecule has 0 aliphatic carbocycles. The normalized spacial score (nSPS) is 13.8. The van der Waals surface area contributed by atoms with Crippen LogP contribution < -0.4 is 10.3 Å². The van der Waals surface area contributed by atoms with Gasteiger partial charge in [-0.15, -0.1) is 0 Å². The summed E-state index contributed by atoms with van der Waals surface area (Å²) in [6, 6.07) is 10.8. The topological polar surface area (TPSA) is 129 Å². The van der Waals surface area contributed by atoms with Gasteiger partial charge in [0.1, 0.15) is 10.6 Å². The third kappa shape index (κ3) is 5.58. The summed E-state index contributed by atoms with van der Waals surface area (Å²) in [6.45, 7) is 2.56. The van der Waals surface area contributed by atoms with Gasteiger partial charge in [0.25, 0.3) is 21.5 Å². The molecule has 4 rings (SSSR count). The third-order valence-electron chi connectivity index (χ3n) is 6.00. The van der Waals surface area contributed by atoms with E-state index in [1.165, 1.54) is 14.3 Å². The van der Waals surface area contributed by atoms with Crippen LogP contribution in [0.1, 0.15) is 16.1 Å². The van der Waals surface area contributed by atoms with Crippen molar-refractivity contribution >= 4 is 50.8 Å². The highest BCUT2D eigenvalue weighted by molar-refractivity contribution is 7.92. The Morgan fingerprint density at radius 3 is 2.42 bits per heavy atom. The molecule has 0 spiro atoms. The predicted molar refractivity (Wildman–Crippen MR) is 141 cm³/mol. The lowest BCUT2D eigenvalue weighted by atomic mass is 10.2. The Labute approximate surface area is 228 Å². The predicted octanol–water partition coefficient (Wildman–Crippen LogP) is 2.61. The Kier molecular flexibility index (Phi) is 8.16. The minimum atomic E-state index is -4.49. The fourth-order valence-corrected chi connectivity index (χ4v) is 5.80. The number of halogens is 2. The smallest absolute Gasteiger partial charge is 0.338 e. The molecule has 0 atom stereocenters. The first-order chi connectivity index (χ1) is 18.0. The Balaban J connectivity index is 1.60. The van der Waals surface area contributed by atoms with Crippen LogP contribution in [0.2, 0.25) is 10.0 Å². The van der Waals surface area contributed by atoms with Crippen molar-refractivity contribution in [1.82, 2.24) is 14.3 Å². The number of hydrogen-bond donors (Lipinski definition) is 1. The quantitative estimate of drug-likeness (QED) is 0.424. The number of benzene rings is 2. The van der Waals surface area contributed by atoms with Crippen molar-refractivity contribution in [2.24, 2.45) is 7.05 Å². The average Bonchev–Trinajstić information content (AvgIpc) is 3.11. The zero-order valence-electron chi connectivity index (χ0n) is 20.4. The van der Waals surface area contributed by atoms with E-state index in [9.17, 15) is 22.8 Å². The fourth-order valence-electron chi connectivity index (χ4n) is 3.87. The van der Waals surface area contributed by atoms with Crippen molar-refractivity contribution in [3.05, 3.63) is 74.1 Å². The number of esters is 1. The summed E-state index contributed by atoms with van der Waals surface area (Å²) in [5, 5.41) is -0.579. The maximum atomic E-state index is 13.3. The van der Waals surface area contributed by atoms with E-state index in [2.05, 4.69) is 4.72 Å². The molecule has 14 heteroatoms. The second-order valence-corrected chi connectivity index (χ2v) is 10.8. The largest absolute Gasteiger partial charge is 0.452 e. The van der Waals surface area contributed by atoms with Gasteiger partial charge in [0.05, 0.1) is 40.2 Å². The van der Waals surface area contributed by atoms with Crippen LogP contribution in [-0.4, -0.2) is 67.5 Å². The molecule has 3 aromatic rings. The van der Waals surface area contributed by atoms with Crippen LogP contribution in [-0.2, 0) is 31.3 Å². The second kappa shape index (κ2) is 11.2. The summed E-state index contributed by atoms with van der Waals surface area (Å²) < 4.78 is 42.1. The molecule has 2 heterocycles. The molecule has 1 fully saturated rings. The molecule has 2 aromatic carbocycles. The first-order valence-corrected chi connectivity index (χ1v) is 13.6. The summed E-state index contributed by atoms with van der Waals surface area (Å²) >= 11 is 12.3. The molecule has 1 saturated heterocycles. The minimum absolute atomic E-state index is 0.201. The van der Waals surface area contributed by atoms with Gasteiger partial charge < -0.3 is 14.4 Å². The summed E-state index contributed by atoms with van der Waals surface area (Å²) in [5.41, 5.74) is -0.180. The molecule has 1 amide bonds. The fraction of sp³-hybridized carbons (Fsp3) is 0.292. The number of para-hydroxylation sites is 1. The number of sulfonamides is 1. The van der Waals surface area contributed by atoms with E-state index in [0.717, 1.165) is 12.1 Å². The molecule has 38 heavy (non-hydrogen) atoms. The monoisotopic (exact) mass is 582 g/mol. The van der Waals surface area contributed by atoms with Crippen molar-refractivity contribution in [3.8, 4) is 5.69 Å². The van der Waals surface area contributed by atoms with Crippen LogP contribution >= 0.6 is 23.2 Å². The maximum absolute atomic E-state index is 13.3. The van der Waals surface area contributed by atoms with E-state index in [-0.39, 0.29) is 21.3 Å². The molecule has 0 bridgehead atoms. The van der Waals surface area contributed by atoms with Gasteiger partial charge in [-0.05, 0) is 31.2 Å². The van der Waals surface area contributed by atoms with Crippen LogP contribution in [0, 0.1) is 6.92 Å². The molecule has 202 valence electrons. The molecule has 0 saturated carbocycles. The zero-order valence-corrected chi connectivity index (χ0v) is 22.8. The Hall–Kier alpha value is -3.32. The molecule has 0 radical (unpaired) electrons. The van der Waals surface area contributed by atoms with Gasteiger partial charge in [0.2, 0.25) is 0 Å². The number of rotatable bonds is 7. The lowest BCUT2D eigenvalue weighted by Crippen LogP contribution is -2.42. The van der Waals surface area contributed by atoms with Crippen molar-refractivity contribution in [3.63, 3.8) is 0 Å². The lowest BCUT2D eigenvalue weighted by molar-refractivity contribution is -0.138. The number of amides is 1. The highest BCUT2D eigenvalue weighted by atomic mass is 35.5.